The van der Waals surface area contributed by atoms with Gasteiger partial charge < -0.3 is 14.8 Å². The van der Waals surface area contributed by atoms with Crippen LogP contribution >= 0.6 is 11.5 Å². The maximum atomic E-state index is 5.41. The van der Waals surface area contributed by atoms with Crippen molar-refractivity contribution in [2.24, 2.45) is 0 Å². The van der Waals surface area contributed by atoms with Gasteiger partial charge in [0.2, 0.25) is 0 Å². The summed E-state index contributed by atoms with van der Waals surface area (Å²) in [5, 5.41) is 8.18. The van der Waals surface area contributed by atoms with E-state index in [1.807, 2.05) is 13.8 Å². The van der Waals surface area contributed by atoms with Gasteiger partial charge in [-0.2, -0.15) is 0 Å². The molecule has 0 aliphatic rings. The summed E-state index contributed by atoms with van der Waals surface area (Å²) in [4.78, 5) is 0. The number of hydrogen-bond donors (Lipinski definition) is 1. The van der Waals surface area contributed by atoms with E-state index in [0.717, 1.165) is 23.8 Å². The maximum Gasteiger partial charge on any atom is 0.135 e. The van der Waals surface area contributed by atoms with E-state index in [2.05, 4.69) is 14.9 Å². The summed E-state index contributed by atoms with van der Waals surface area (Å²) in [6.45, 7) is 7.32. The van der Waals surface area contributed by atoms with Crippen LogP contribution in [-0.4, -0.2) is 36.0 Å². The standard InChI is InChI=1S/C9H17N3O2S/c1-3-10-9-8(11-12-15-9)7-14-6-5-13-4-2/h10H,3-7H2,1-2H3. The van der Waals surface area contributed by atoms with Crippen LogP contribution in [0, 0.1) is 0 Å². The molecular formula is C9H17N3O2S. The normalized spacial score (nSPS) is 10.5. The van der Waals surface area contributed by atoms with Crippen molar-refractivity contribution in [2.45, 2.75) is 20.5 Å². The lowest BCUT2D eigenvalue weighted by molar-refractivity contribution is 0.0443. The molecule has 0 amide bonds. The molecule has 1 N–H and O–H groups in total. The van der Waals surface area contributed by atoms with Gasteiger partial charge in [-0.15, -0.1) is 5.10 Å². The molecule has 0 saturated carbocycles. The molecule has 0 bridgehead atoms. The molecule has 0 radical (unpaired) electrons. The molecular weight excluding hydrogens is 214 g/mol. The molecule has 0 fully saturated rings. The van der Waals surface area contributed by atoms with Gasteiger partial charge in [-0.05, 0) is 13.8 Å². The summed E-state index contributed by atoms with van der Waals surface area (Å²) in [5.74, 6) is 0. The second-order valence-corrected chi connectivity index (χ2v) is 3.58. The molecule has 15 heavy (non-hydrogen) atoms. The second kappa shape index (κ2) is 7.56. The first-order valence-electron chi connectivity index (χ1n) is 5.09. The highest BCUT2D eigenvalue weighted by atomic mass is 32.1. The number of aromatic nitrogens is 2. The highest BCUT2D eigenvalue weighted by molar-refractivity contribution is 7.10. The average molecular weight is 231 g/mol. The van der Waals surface area contributed by atoms with Crippen molar-refractivity contribution in [2.75, 3.05) is 31.7 Å². The SMILES string of the molecule is CCNc1snnc1COCCOCC. The Hall–Kier alpha value is -0.720. The van der Waals surface area contributed by atoms with Gasteiger partial charge in [0, 0.05) is 24.7 Å². The lowest BCUT2D eigenvalue weighted by Crippen LogP contribution is -2.05. The molecule has 5 nitrogen and oxygen atoms in total. The largest absolute Gasteiger partial charge is 0.379 e. The molecule has 0 aromatic carbocycles. The van der Waals surface area contributed by atoms with Crippen LogP contribution in [0.3, 0.4) is 0 Å². The van der Waals surface area contributed by atoms with Gasteiger partial charge in [0.05, 0.1) is 19.8 Å². The van der Waals surface area contributed by atoms with Crippen LogP contribution in [0.1, 0.15) is 19.5 Å². The van der Waals surface area contributed by atoms with Crippen LogP contribution < -0.4 is 5.32 Å². The third-order valence-electron chi connectivity index (χ3n) is 1.71. The van der Waals surface area contributed by atoms with Gasteiger partial charge in [-0.3, -0.25) is 0 Å². The molecule has 1 rings (SSSR count). The molecule has 0 unspecified atom stereocenters. The minimum Gasteiger partial charge on any atom is -0.379 e. The number of ether oxygens (including phenoxy) is 2. The van der Waals surface area contributed by atoms with Crippen LogP contribution in [0.4, 0.5) is 5.00 Å². The van der Waals surface area contributed by atoms with Gasteiger partial charge in [0.25, 0.3) is 0 Å². The molecule has 0 aliphatic heterocycles. The van der Waals surface area contributed by atoms with Crippen molar-refractivity contribution in [3.8, 4) is 0 Å². The molecule has 0 spiro atoms. The van der Waals surface area contributed by atoms with Crippen molar-refractivity contribution in [1.82, 2.24) is 9.59 Å². The zero-order valence-corrected chi connectivity index (χ0v) is 9.97. The quantitative estimate of drug-likeness (QED) is 0.687. The third-order valence-corrected chi connectivity index (χ3v) is 2.43. The van der Waals surface area contributed by atoms with Crippen LogP contribution in [-0.2, 0) is 16.1 Å². The first-order valence-corrected chi connectivity index (χ1v) is 5.86. The highest BCUT2D eigenvalue weighted by Gasteiger charge is 2.06. The van der Waals surface area contributed by atoms with E-state index in [-0.39, 0.29) is 0 Å². The van der Waals surface area contributed by atoms with Crippen molar-refractivity contribution >= 4 is 16.5 Å². The van der Waals surface area contributed by atoms with E-state index in [9.17, 15) is 0 Å². The predicted molar refractivity (Wildman–Crippen MR) is 60.2 cm³/mol. The summed E-state index contributed by atoms with van der Waals surface area (Å²) >= 11 is 1.36. The number of anilines is 1. The fourth-order valence-electron chi connectivity index (χ4n) is 1.03. The number of hydrogen-bond acceptors (Lipinski definition) is 6. The molecule has 0 saturated heterocycles. The minimum atomic E-state index is 0.492. The molecule has 1 aromatic rings. The Morgan fingerprint density at radius 1 is 1.27 bits per heavy atom. The van der Waals surface area contributed by atoms with Gasteiger partial charge in [0.15, 0.2) is 0 Å². The molecule has 0 atom stereocenters. The Bertz CT molecular complexity index is 268. The van der Waals surface area contributed by atoms with E-state index in [1.165, 1.54) is 11.5 Å². The number of nitrogens with zero attached hydrogens (tertiary/aromatic N) is 2. The van der Waals surface area contributed by atoms with Gasteiger partial charge in [-0.1, -0.05) is 4.49 Å². The average Bonchev–Trinajstić information content (AvgIpc) is 2.66. The summed E-state index contributed by atoms with van der Waals surface area (Å²) in [6, 6.07) is 0. The summed E-state index contributed by atoms with van der Waals surface area (Å²) in [7, 11) is 0. The number of nitrogens with one attached hydrogen (secondary N) is 1. The lowest BCUT2D eigenvalue weighted by atomic mass is 10.5. The lowest BCUT2D eigenvalue weighted by Gasteiger charge is -2.04. The van der Waals surface area contributed by atoms with Crippen LogP contribution in [0.25, 0.3) is 0 Å². The van der Waals surface area contributed by atoms with Crippen molar-refractivity contribution in [1.29, 1.82) is 0 Å². The minimum absolute atomic E-state index is 0.492. The van der Waals surface area contributed by atoms with Gasteiger partial charge >= 0.3 is 0 Å². The summed E-state index contributed by atoms with van der Waals surface area (Å²) in [5.41, 5.74) is 0.873. The fourth-order valence-corrected chi connectivity index (χ4v) is 1.66. The first kappa shape index (κ1) is 12.4. The highest BCUT2D eigenvalue weighted by Crippen LogP contribution is 2.17. The zero-order chi connectivity index (χ0) is 10.9. The van der Waals surface area contributed by atoms with E-state index in [0.29, 0.717) is 19.8 Å². The van der Waals surface area contributed by atoms with Crippen LogP contribution in [0.2, 0.25) is 0 Å². The first-order chi connectivity index (χ1) is 7.38. The molecule has 86 valence electrons. The van der Waals surface area contributed by atoms with Crippen molar-refractivity contribution in [3.05, 3.63) is 5.69 Å². The van der Waals surface area contributed by atoms with Gasteiger partial charge in [0.1, 0.15) is 10.7 Å². The molecule has 1 aromatic heterocycles. The fraction of sp³-hybridized carbons (Fsp3) is 0.778. The van der Waals surface area contributed by atoms with E-state index < -0.39 is 0 Å². The Kier molecular flexibility index (Phi) is 6.22. The predicted octanol–water partition coefficient (Wildman–Crippen LogP) is 1.52. The van der Waals surface area contributed by atoms with E-state index in [1.54, 1.807) is 0 Å². The third kappa shape index (κ3) is 4.55. The van der Waals surface area contributed by atoms with Crippen LogP contribution in [0.5, 0.6) is 0 Å². The maximum absolute atomic E-state index is 5.41. The summed E-state index contributed by atoms with van der Waals surface area (Å²) < 4.78 is 14.4. The monoisotopic (exact) mass is 231 g/mol. The van der Waals surface area contributed by atoms with Gasteiger partial charge in [-0.25, -0.2) is 0 Å². The van der Waals surface area contributed by atoms with Crippen molar-refractivity contribution in [3.63, 3.8) is 0 Å². The number of rotatable bonds is 8. The molecule has 0 aliphatic carbocycles. The Labute approximate surface area is 94.0 Å². The Morgan fingerprint density at radius 3 is 2.80 bits per heavy atom. The van der Waals surface area contributed by atoms with Crippen molar-refractivity contribution < 1.29 is 9.47 Å². The summed E-state index contributed by atoms with van der Waals surface area (Å²) in [6.07, 6.45) is 0. The van der Waals surface area contributed by atoms with E-state index >= 15 is 0 Å². The zero-order valence-electron chi connectivity index (χ0n) is 9.15. The molecule has 6 heteroatoms. The Morgan fingerprint density at radius 2 is 2.07 bits per heavy atom. The second-order valence-electron chi connectivity index (χ2n) is 2.83. The topological polar surface area (TPSA) is 56.3 Å². The van der Waals surface area contributed by atoms with E-state index in [4.69, 9.17) is 9.47 Å². The Balaban J connectivity index is 2.21. The van der Waals surface area contributed by atoms with Crippen LogP contribution in [0.15, 0.2) is 0 Å². The smallest absolute Gasteiger partial charge is 0.135 e. The molecule has 1 heterocycles.